The van der Waals surface area contributed by atoms with E-state index < -0.39 is 15.9 Å². The van der Waals surface area contributed by atoms with E-state index in [0.29, 0.717) is 40.9 Å². The molecule has 3 heterocycles. The number of carbonyl (C=O) groups excluding carboxylic acids is 1. The zero-order valence-corrected chi connectivity index (χ0v) is 18.4. The molecule has 0 bridgehead atoms. The van der Waals surface area contributed by atoms with Gasteiger partial charge in [-0.2, -0.15) is 0 Å². The molecule has 1 aliphatic carbocycles. The Kier molecular flexibility index (Phi) is 5.27. The molecule has 1 amide bonds. The standard InChI is InChI=1S/C22H23N3O5S/c1-4-5-10-30-22(27)25-12-14-11-15(13-31(3,28)29)16-7-9-24(2)21(26)19(16)20-18(14)17(25)6-8-23-20/h7,9,11-12,17,23H,6,8,10,13H2,1-3H3. The van der Waals surface area contributed by atoms with Crippen molar-refractivity contribution >= 4 is 27.2 Å². The van der Waals surface area contributed by atoms with Crippen molar-refractivity contribution in [3.05, 3.63) is 57.2 Å². The van der Waals surface area contributed by atoms with Gasteiger partial charge in [0.15, 0.2) is 16.4 Å². The first-order chi connectivity index (χ1) is 14.7. The number of sulfone groups is 1. The third-order valence-corrected chi connectivity index (χ3v) is 6.35. The topological polar surface area (TPSA) is 97.7 Å². The normalized spacial score (nSPS) is 19.2. The van der Waals surface area contributed by atoms with Gasteiger partial charge in [-0.1, -0.05) is 5.92 Å². The maximum absolute atomic E-state index is 13.1. The number of nitrogens with one attached hydrogen (secondary N) is 1. The molecular formula is C22H23N3O5S. The molecule has 0 fully saturated rings. The van der Waals surface area contributed by atoms with Gasteiger partial charge in [0.25, 0.3) is 5.56 Å². The van der Waals surface area contributed by atoms with E-state index in [9.17, 15) is 18.0 Å². The van der Waals surface area contributed by atoms with Crippen LogP contribution in [0.3, 0.4) is 0 Å². The lowest BCUT2D eigenvalue weighted by Gasteiger charge is -2.30. The Hall–Kier alpha value is -3.25. The van der Waals surface area contributed by atoms with Gasteiger partial charge in [-0.05, 0) is 42.2 Å². The number of allylic oxidation sites excluding steroid dienone is 1. The predicted molar refractivity (Wildman–Crippen MR) is 117 cm³/mol. The van der Waals surface area contributed by atoms with Gasteiger partial charge in [0.1, 0.15) is 0 Å². The molecule has 0 saturated heterocycles. The smallest absolute Gasteiger partial charge is 0.415 e. The number of nitrogens with zero attached hydrogens (tertiary/aromatic N) is 2. The van der Waals surface area contributed by atoms with E-state index in [0.717, 1.165) is 11.8 Å². The second-order valence-electron chi connectivity index (χ2n) is 7.75. The zero-order chi connectivity index (χ0) is 22.3. The van der Waals surface area contributed by atoms with E-state index in [1.807, 2.05) is 0 Å². The second kappa shape index (κ2) is 7.78. The fourth-order valence-electron chi connectivity index (χ4n) is 4.23. The molecular weight excluding hydrogens is 418 g/mol. The predicted octanol–water partition coefficient (Wildman–Crippen LogP) is 1.26. The number of ether oxygens (including phenoxy) is 1. The van der Waals surface area contributed by atoms with Crippen molar-refractivity contribution in [1.29, 1.82) is 0 Å². The van der Waals surface area contributed by atoms with Crippen LogP contribution in [-0.4, -0.2) is 55.2 Å². The first kappa shape index (κ1) is 21.0. The summed E-state index contributed by atoms with van der Waals surface area (Å²) in [6.45, 7) is 2.21. The van der Waals surface area contributed by atoms with E-state index in [-0.39, 0.29) is 24.0 Å². The summed E-state index contributed by atoms with van der Waals surface area (Å²) in [7, 11) is -1.71. The number of pyridine rings is 1. The molecule has 0 spiro atoms. The summed E-state index contributed by atoms with van der Waals surface area (Å²) in [6.07, 6.45) is 6.34. The van der Waals surface area contributed by atoms with Gasteiger partial charge in [0.2, 0.25) is 0 Å². The van der Waals surface area contributed by atoms with Crippen LogP contribution in [0.2, 0.25) is 0 Å². The van der Waals surface area contributed by atoms with Crippen molar-refractivity contribution < 1.29 is 17.9 Å². The average molecular weight is 442 g/mol. The van der Waals surface area contributed by atoms with E-state index >= 15 is 0 Å². The molecule has 4 rings (SSSR count). The Bertz CT molecular complexity index is 1290. The van der Waals surface area contributed by atoms with Crippen molar-refractivity contribution in [3.63, 3.8) is 0 Å². The molecule has 0 saturated carbocycles. The summed E-state index contributed by atoms with van der Waals surface area (Å²) in [5.74, 6) is 5.17. The number of fused-ring (bicyclic) bond motifs is 2. The quantitative estimate of drug-likeness (QED) is 0.710. The van der Waals surface area contributed by atoms with E-state index in [1.165, 1.54) is 9.47 Å². The van der Waals surface area contributed by atoms with Crippen molar-refractivity contribution in [2.45, 2.75) is 19.4 Å². The molecule has 0 radical (unpaired) electrons. The molecule has 1 aromatic rings. The van der Waals surface area contributed by atoms with Crippen LogP contribution in [0.25, 0.3) is 11.3 Å². The highest BCUT2D eigenvalue weighted by atomic mass is 32.2. The maximum atomic E-state index is 13.1. The van der Waals surface area contributed by atoms with E-state index in [1.54, 1.807) is 38.5 Å². The lowest BCUT2D eigenvalue weighted by Crippen LogP contribution is -2.41. The molecule has 1 N–H and O–H groups in total. The summed E-state index contributed by atoms with van der Waals surface area (Å²) in [6, 6.07) is 1.46. The molecule has 9 heteroatoms. The molecule has 1 atom stereocenters. The van der Waals surface area contributed by atoms with Crippen LogP contribution in [0, 0.1) is 11.8 Å². The number of hydrogen-bond acceptors (Lipinski definition) is 6. The van der Waals surface area contributed by atoms with Gasteiger partial charge in [-0.3, -0.25) is 9.69 Å². The van der Waals surface area contributed by atoms with Gasteiger partial charge in [0, 0.05) is 37.8 Å². The largest absolute Gasteiger partial charge is 0.436 e. The number of aryl methyl sites for hydroxylation is 1. The van der Waals surface area contributed by atoms with Crippen LogP contribution in [0.5, 0.6) is 0 Å². The molecule has 8 nitrogen and oxygen atoms in total. The van der Waals surface area contributed by atoms with Crippen molar-refractivity contribution in [1.82, 2.24) is 14.8 Å². The number of aromatic nitrogens is 1. The SMILES string of the molecule is CC#CCOC(=O)N1C=C2C=C(CS(C)(=O)=O)c3ccn(C)c(=O)c3C3=C2C1CCN3. The summed E-state index contributed by atoms with van der Waals surface area (Å²) in [5.41, 5.74) is 3.45. The molecule has 3 aliphatic rings. The third-order valence-electron chi connectivity index (χ3n) is 5.51. The summed E-state index contributed by atoms with van der Waals surface area (Å²) < 4.78 is 31.0. The maximum Gasteiger partial charge on any atom is 0.415 e. The zero-order valence-electron chi connectivity index (χ0n) is 17.6. The van der Waals surface area contributed by atoms with Crippen molar-refractivity contribution in [3.8, 4) is 11.8 Å². The second-order valence-corrected chi connectivity index (χ2v) is 9.89. The first-order valence-electron chi connectivity index (χ1n) is 9.85. The number of amides is 1. The molecule has 31 heavy (non-hydrogen) atoms. The van der Waals surface area contributed by atoms with Gasteiger partial charge in [0.05, 0.1) is 23.1 Å². The van der Waals surface area contributed by atoms with Gasteiger partial charge in [-0.15, -0.1) is 5.92 Å². The van der Waals surface area contributed by atoms with Crippen LogP contribution in [0.4, 0.5) is 4.79 Å². The Labute approximate surface area is 180 Å². The fraction of sp³-hybridized carbons (Fsp3) is 0.364. The number of hydrogen-bond donors (Lipinski definition) is 1. The highest BCUT2D eigenvalue weighted by molar-refractivity contribution is 7.91. The highest BCUT2D eigenvalue weighted by Crippen LogP contribution is 2.42. The van der Waals surface area contributed by atoms with Crippen LogP contribution < -0.4 is 10.9 Å². The lowest BCUT2D eigenvalue weighted by atomic mass is 9.92. The fourth-order valence-corrected chi connectivity index (χ4v) is 5.04. The number of rotatable bonds is 3. The Morgan fingerprint density at radius 2 is 2.16 bits per heavy atom. The Morgan fingerprint density at radius 3 is 2.87 bits per heavy atom. The van der Waals surface area contributed by atoms with Gasteiger partial charge >= 0.3 is 6.09 Å². The minimum Gasteiger partial charge on any atom is -0.436 e. The Balaban J connectivity index is 1.91. The van der Waals surface area contributed by atoms with Crippen LogP contribution in [0.15, 0.2) is 40.5 Å². The van der Waals surface area contributed by atoms with Crippen LogP contribution in [-0.2, 0) is 21.6 Å². The summed E-state index contributed by atoms with van der Waals surface area (Å²) >= 11 is 0. The first-order valence-corrected chi connectivity index (χ1v) is 11.9. The molecule has 162 valence electrons. The monoisotopic (exact) mass is 441 g/mol. The van der Waals surface area contributed by atoms with Crippen LogP contribution in [0.1, 0.15) is 24.5 Å². The number of carbonyl (C=O) groups is 1. The van der Waals surface area contributed by atoms with Crippen LogP contribution >= 0.6 is 0 Å². The van der Waals surface area contributed by atoms with Crippen molar-refractivity contribution in [2.75, 3.05) is 25.2 Å². The van der Waals surface area contributed by atoms with Crippen molar-refractivity contribution in [2.24, 2.45) is 7.05 Å². The molecule has 0 aromatic carbocycles. The average Bonchev–Trinajstić information content (AvgIpc) is 3.01. The van der Waals surface area contributed by atoms with Gasteiger partial charge < -0.3 is 14.6 Å². The summed E-state index contributed by atoms with van der Waals surface area (Å²) in [4.78, 5) is 27.3. The summed E-state index contributed by atoms with van der Waals surface area (Å²) in [5, 5.41) is 3.32. The lowest BCUT2D eigenvalue weighted by molar-refractivity contribution is 0.122. The molecule has 1 unspecified atom stereocenters. The van der Waals surface area contributed by atoms with E-state index in [4.69, 9.17) is 4.74 Å². The third kappa shape index (κ3) is 3.79. The minimum atomic E-state index is -3.36. The molecule has 1 aromatic heterocycles. The highest BCUT2D eigenvalue weighted by Gasteiger charge is 2.40. The minimum absolute atomic E-state index is 0.00950. The van der Waals surface area contributed by atoms with E-state index in [2.05, 4.69) is 17.2 Å². The van der Waals surface area contributed by atoms with Gasteiger partial charge in [-0.25, -0.2) is 13.2 Å². The molecule has 2 aliphatic heterocycles. The Morgan fingerprint density at radius 1 is 1.39 bits per heavy atom.